The molecule has 0 aromatic heterocycles. The molecule has 110 valence electrons. The topological polar surface area (TPSA) is 52.4 Å². The van der Waals surface area contributed by atoms with E-state index >= 15 is 0 Å². The summed E-state index contributed by atoms with van der Waals surface area (Å²) in [6.07, 6.45) is 4.63. The molecule has 0 atom stereocenters. The number of nitro benzene ring substituents is 1. The van der Waals surface area contributed by atoms with Gasteiger partial charge in [0.2, 0.25) is 0 Å². The smallest absolute Gasteiger partial charge is 0.312 e. The largest absolute Gasteiger partial charge is 0.486 e. The monoisotopic (exact) mass is 405 g/mol. The van der Waals surface area contributed by atoms with E-state index in [1.807, 2.05) is 13.0 Å². The summed E-state index contributed by atoms with van der Waals surface area (Å²) >= 11 is 6.85. The fourth-order valence-corrected chi connectivity index (χ4v) is 3.99. The zero-order valence-electron chi connectivity index (χ0n) is 11.3. The first-order valence-corrected chi connectivity index (χ1v) is 8.52. The maximum absolute atomic E-state index is 11.2. The summed E-state index contributed by atoms with van der Waals surface area (Å²) in [4.78, 5) is 10.8. The van der Waals surface area contributed by atoms with Gasteiger partial charge in [0.1, 0.15) is 0 Å². The van der Waals surface area contributed by atoms with E-state index in [2.05, 4.69) is 31.9 Å². The molecule has 1 aliphatic carbocycles. The van der Waals surface area contributed by atoms with E-state index in [1.54, 1.807) is 0 Å². The molecule has 1 aliphatic rings. The highest BCUT2D eigenvalue weighted by atomic mass is 79.9. The van der Waals surface area contributed by atoms with E-state index in [0.717, 1.165) is 23.7 Å². The Hall–Kier alpha value is -0.620. The Bertz CT molecular complexity index is 513. The number of halogens is 2. The van der Waals surface area contributed by atoms with Crippen LogP contribution in [0.25, 0.3) is 0 Å². The summed E-state index contributed by atoms with van der Waals surface area (Å²) in [5.41, 5.74) is 0.932. The van der Waals surface area contributed by atoms with Gasteiger partial charge in [-0.15, -0.1) is 0 Å². The van der Waals surface area contributed by atoms with Crippen molar-refractivity contribution in [2.45, 2.75) is 32.6 Å². The van der Waals surface area contributed by atoms with Crippen LogP contribution in [0.2, 0.25) is 0 Å². The van der Waals surface area contributed by atoms with Crippen LogP contribution in [0, 0.1) is 22.5 Å². The first-order chi connectivity index (χ1) is 9.47. The van der Waals surface area contributed by atoms with Crippen molar-refractivity contribution in [3.8, 4) is 5.75 Å². The Morgan fingerprint density at radius 1 is 1.40 bits per heavy atom. The predicted molar refractivity (Wildman–Crippen MR) is 85.7 cm³/mol. The van der Waals surface area contributed by atoms with Crippen LogP contribution in [0.4, 0.5) is 5.69 Å². The van der Waals surface area contributed by atoms with E-state index in [0.29, 0.717) is 16.8 Å². The highest BCUT2D eigenvalue weighted by Gasteiger charge is 2.34. The highest BCUT2D eigenvalue weighted by molar-refractivity contribution is 9.10. The van der Waals surface area contributed by atoms with Gasteiger partial charge in [0, 0.05) is 21.3 Å². The van der Waals surface area contributed by atoms with Crippen LogP contribution in [-0.2, 0) is 0 Å². The molecule has 1 aromatic carbocycles. The van der Waals surface area contributed by atoms with Crippen LogP contribution in [-0.4, -0.2) is 16.9 Å². The van der Waals surface area contributed by atoms with Gasteiger partial charge in [-0.1, -0.05) is 44.7 Å². The van der Waals surface area contributed by atoms with Gasteiger partial charge in [-0.2, -0.15) is 0 Å². The molecule has 0 aliphatic heterocycles. The summed E-state index contributed by atoms with van der Waals surface area (Å²) in [7, 11) is 0. The number of aryl methyl sites for hydroxylation is 1. The SMILES string of the molecule is Cc1cc(Br)cc([N+](=O)[O-])c1OCC1(CBr)CCCC1. The molecule has 20 heavy (non-hydrogen) atoms. The third kappa shape index (κ3) is 3.34. The summed E-state index contributed by atoms with van der Waals surface area (Å²) in [5, 5.41) is 12.0. The summed E-state index contributed by atoms with van der Waals surface area (Å²) in [6.45, 7) is 2.37. The van der Waals surface area contributed by atoms with E-state index in [9.17, 15) is 10.1 Å². The van der Waals surface area contributed by atoms with Gasteiger partial charge in [0.15, 0.2) is 5.75 Å². The molecule has 0 N–H and O–H groups in total. The summed E-state index contributed by atoms with van der Waals surface area (Å²) in [6, 6.07) is 3.34. The molecule has 1 fully saturated rings. The normalized spacial score (nSPS) is 17.1. The van der Waals surface area contributed by atoms with Gasteiger partial charge in [-0.05, 0) is 31.4 Å². The van der Waals surface area contributed by atoms with E-state index < -0.39 is 0 Å². The van der Waals surface area contributed by atoms with Crippen LogP contribution in [0.3, 0.4) is 0 Å². The molecule has 0 bridgehead atoms. The molecular weight excluding hydrogens is 390 g/mol. The zero-order valence-corrected chi connectivity index (χ0v) is 14.5. The van der Waals surface area contributed by atoms with Crippen molar-refractivity contribution in [1.82, 2.24) is 0 Å². The Kier molecular flexibility index (Phi) is 5.07. The van der Waals surface area contributed by atoms with Gasteiger partial charge in [0.25, 0.3) is 0 Å². The predicted octanol–water partition coefficient (Wildman–Crippen LogP) is 5.00. The fraction of sp³-hybridized carbons (Fsp3) is 0.571. The van der Waals surface area contributed by atoms with Crippen molar-refractivity contribution in [3.05, 3.63) is 32.3 Å². The highest BCUT2D eigenvalue weighted by Crippen LogP contribution is 2.42. The number of hydrogen-bond acceptors (Lipinski definition) is 3. The lowest BCUT2D eigenvalue weighted by Crippen LogP contribution is -2.27. The lowest BCUT2D eigenvalue weighted by atomic mass is 9.90. The van der Waals surface area contributed by atoms with Crippen LogP contribution in [0.15, 0.2) is 16.6 Å². The van der Waals surface area contributed by atoms with Gasteiger partial charge in [-0.3, -0.25) is 10.1 Å². The first kappa shape index (κ1) is 15.8. The molecule has 1 aromatic rings. The van der Waals surface area contributed by atoms with Gasteiger partial charge in [0.05, 0.1) is 11.5 Å². The van der Waals surface area contributed by atoms with Gasteiger partial charge in [-0.25, -0.2) is 0 Å². The molecule has 4 nitrogen and oxygen atoms in total. The first-order valence-electron chi connectivity index (χ1n) is 6.61. The third-order valence-electron chi connectivity index (χ3n) is 3.89. The minimum atomic E-state index is -0.386. The number of alkyl halides is 1. The Labute approximate surface area is 135 Å². The lowest BCUT2D eigenvalue weighted by molar-refractivity contribution is -0.386. The average molecular weight is 407 g/mol. The van der Waals surface area contributed by atoms with Crippen molar-refractivity contribution >= 4 is 37.5 Å². The maximum Gasteiger partial charge on any atom is 0.312 e. The fourth-order valence-electron chi connectivity index (χ4n) is 2.70. The number of hydrogen-bond donors (Lipinski definition) is 0. The molecule has 6 heteroatoms. The number of ether oxygens (including phenoxy) is 1. The van der Waals surface area contributed by atoms with Crippen molar-refractivity contribution in [3.63, 3.8) is 0 Å². The van der Waals surface area contributed by atoms with E-state index in [4.69, 9.17) is 4.74 Å². The number of benzene rings is 1. The minimum Gasteiger partial charge on any atom is -0.486 e. The molecule has 0 saturated heterocycles. The zero-order chi connectivity index (χ0) is 14.8. The van der Waals surface area contributed by atoms with Crippen LogP contribution < -0.4 is 4.74 Å². The quantitative estimate of drug-likeness (QED) is 0.392. The van der Waals surface area contributed by atoms with Gasteiger partial charge >= 0.3 is 5.69 Å². The van der Waals surface area contributed by atoms with Crippen molar-refractivity contribution in [2.24, 2.45) is 5.41 Å². The van der Waals surface area contributed by atoms with Crippen LogP contribution in [0.5, 0.6) is 5.75 Å². The van der Waals surface area contributed by atoms with E-state index in [-0.39, 0.29) is 16.0 Å². The molecule has 1 saturated carbocycles. The second-order valence-electron chi connectivity index (χ2n) is 5.46. The average Bonchev–Trinajstić information content (AvgIpc) is 2.86. The Morgan fingerprint density at radius 2 is 2.05 bits per heavy atom. The lowest BCUT2D eigenvalue weighted by Gasteiger charge is -2.26. The number of rotatable bonds is 5. The number of nitrogens with zero attached hydrogens (tertiary/aromatic N) is 1. The molecule has 0 unspecified atom stereocenters. The number of nitro groups is 1. The molecule has 0 radical (unpaired) electrons. The van der Waals surface area contributed by atoms with Crippen molar-refractivity contribution in [1.29, 1.82) is 0 Å². The summed E-state index contributed by atoms with van der Waals surface area (Å²) in [5.74, 6) is 0.394. The molecule has 0 heterocycles. The van der Waals surface area contributed by atoms with Crippen LogP contribution >= 0.6 is 31.9 Å². The van der Waals surface area contributed by atoms with Crippen LogP contribution in [0.1, 0.15) is 31.2 Å². The Balaban J connectivity index is 2.22. The third-order valence-corrected chi connectivity index (χ3v) is 5.53. The molecule has 0 spiro atoms. The molecular formula is C14H17Br2NO3. The van der Waals surface area contributed by atoms with Gasteiger partial charge < -0.3 is 4.74 Å². The maximum atomic E-state index is 11.2. The standard InChI is InChI=1S/C14H17Br2NO3/c1-10-6-11(16)7-12(17(18)19)13(10)20-9-14(8-15)4-2-3-5-14/h6-7H,2-5,8-9H2,1H3. The minimum absolute atomic E-state index is 0.0274. The second kappa shape index (κ2) is 6.43. The Morgan fingerprint density at radius 3 is 2.60 bits per heavy atom. The van der Waals surface area contributed by atoms with Crippen molar-refractivity contribution < 1.29 is 9.66 Å². The second-order valence-corrected chi connectivity index (χ2v) is 6.93. The molecule has 0 amide bonds. The van der Waals surface area contributed by atoms with Crippen molar-refractivity contribution in [2.75, 3.05) is 11.9 Å². The molecule has 2 rings (SSSR count). The summed E-state index contributed by atoms with van der Waals surface area (Å²) < 4.78 is 6.57. The van der Waals surface area contributed by atoms with E-state index in [1.165, 1.54) is 18.9 Å².